The van der Waals surface area contributed by atoms with E-state index in [4.69, 9.17) is 0 Å². The van der Waals surface area contributed by atoms with Gasteiger partial charge in [-0.2, -0.15) is 0 Å². The maximum Gasteiger partial charge on any atom is 0.249 e. The van der Waals surface area contributed by atoms with Crippen LogP contribution in [0.25, 0.3) is 0 Å². The number of nitrogens with zero attached hydrogens (tertiary/aromatic N) is 2. The number of fused-ring (bicyclic) bond motifs is 1. The minimum atomic E-state index is 0. The molecule has 1 aromatic rings. The normalized spacial score (nSPS) is 20.9. The van der Waals surface area contributed by atoms with Crippen molar-refractivity contribution < 1.29 is 24.7 Å². The first-order valence-electron chi connectivity index (χ1n) is 4.97. The zero-order chi connectivity index (χ0) is 10.1. The standard InChI is InChI=1S/C13H10N2.Ir/c1-2-6-11(7-3-1)13-14-10-12-8-4-5-9-15(12)13;/h1-6,8-10,12H;. The molecule has 1 aromatic carbocycles. The van der Waals surface area contributed by atoms with Gasteiger partial charge in [0.1, 0.15) is 0 Å². The molecular weight excluding hydrogens is 376 g/mol. The molecule has 2 nitrogen and oxygen atoms in total. The molecule has 0 aliphatic carbocycles. The van der Waals surface area contributed by atoms with Crippen molar-refractivity contribution in [1.82, 2.24) is 0 Å². The zero-order valence-corrected chi connectivity index (χ0v) is 10.9. The summed E-state index contributed by atoms with van der Waals surface area (Å²) in [4.78, 5) is 4.43. The minimum absolute atomic E-state index is 0. The van der Waals surface area contributed by atoms with E-state index in [9.17, 15) is 0 Å². The second-order valence-electron chi connectivity index (χ2n) is 3.50. The summed E-state index contributed by atoms with van der Waals surface area (Å²) < 4.78 is 2.14. The summed E-state index contributed by atoms with van der Waals surface area (Å²) in [5.74, 6) is 0.973. The first-order chi connectivity index (χ1) is 7.45. The van der Waals surface area contributed by atoms with Gasteiger partial charge in [0.25, 0.3) is 0 Å². The Hall–Kier alpha value is -1.31. The van der Waals surface area contributed by atoms with Crippen LogP contribution in [-0.4, -0.2) is 22.7 Å². The molecule has 2 heterocycles. The van der Waals surface area contributed by atoms with Crippen molar-refractivity contribution >= 4 is 12.1 Å². The Bertz CT molecular complexity index is 498. The molecule has 16 heavy (non-hydrogen) atoms. The van der Waals surface area contributed by atoms with Crippen LogP contribution in [0.1, 0.15) is 5.56 Å². The topological polar surface area (TPSA) is 15.4 Å². The first-order valence-corrected chi connectivity index (χ1v) is 4.97. The average Bonchev–Trinajstić information content (AvgIpc) is 2.74. The summed E-state index contributed by atoms with van der Waals surface area (Å²) in [7, 11) is 0. The van der Waals surface area contributed by atoms with E-state index < -0.39 is 0 Å². The van der Waals surface area contributed by atoms with Crippen LogP contribution in [0.3, 0.4) is 0 Å². The van der Waals surface area contributed by atoms with E-state index >= 15 is 0 Å². The molecule has 0 fully saturated rings. The molecular formula is C13H10IrN2. The number of aliphatic imine (C=N–C) groups is 1. The van der Waals surface area contributed by atoms with E-state index in [1.807, 2.05) is 48.8 Å². The van der Waals surface area contributed by atoms with Gasteiger partial charge in [0.15, 0.2) is 12.3 Å². The maximum atomic E-state index is 4.43. The quantitative estimate of drug-likeness (QED) is 0.517. The molecule has 0 spiro atoms. The van der Waals surface area contributed by atoms with Gasteiger partial charge in [0.2, 0.25) is 5.84 Å². The molecule has 3 rings (SSSR count). The molecule has 0 saturated heterocycles. The summed E-state index contributed by atoms with van der Waals surface area (Å²) in [6, 6.07) is 11.4. The van der Waals surface area contributed by atoms with Crippen LogP contribution >= 0.6 is 0 Å². The van der Waals surface area contributed by atoms with E-state index in [2.05, 4.69) is 21.7 Å². The van der Waals surface area contributed by atoms with E-state index in [1.54, 1.807) is 0 Å². The smallest absolute Gasteiger partial charge is 0.249 e. The predicted molar refractivity (Wildman–Crippen MR) is 60.2 cm³/mol. The molecule has 0 amide bonds. The Morgan fingerprint density at radius 1 is 1.25 bits per heavy atom. The largest absolute Gasteiger partial charge is 0.257 e. The maximum absolute atomic E-state index is 4.43. The second kappa shape index (κ2) is 4.69. The fourth-order valence-electron chi connectivity index (χ4n) is 1.80. The van der Waals surface area contributed by atoms with Gasteiger partial charge in [-0.05, 0) is 12.2 Å². The fraction of sp³-hybridized carbons (Fsp3) is 0.0769. The number of allylic oxidation sites excluding steroid dienone is 2. The second-order valence-corrected chi connectivity index (χ2v) is 3.50. The van der Waals surface area contributed by atoms with Crippen molar-refractivity contribution in [1.29, 1.82) is 0 Å². The van der Waals surface area contributed by atoms with Crippen molar-refractivity contribution in [3.8, 4) is 0 Å². The van der Waals surface area contributed by atoms with E-state index in [0.29, 0.717) is 0 Å². The van der Waals surface area contributed by atoms with Gasteiger partial charge in [0, 0.05) is 20.1 Å². The van der Waals surface area contributed by atoms with Crippen LogP contribution in [0, 0.1) is 6.07 Å². The number of hydrogen-bond acceptors (Lipinski definition) is 1. The average molecular weight is 386 g/mol. The third-order valence-electron chi connectivity index (χ3n) is 2.53. The summed E-state index contributed by atoms with van der Waals surface area (Å²) in [5.41, 5.74) is 1.04. The summed E-state index contributed by atoms with van der Waals surface area (Å²) in [6.45, 7) is 0. The minimum Gasteiger partial charge on any atom is -0.257 e. The molecule has 0 N–H and O–H groups in total. The van der Waals surface area contributed by atoms with E-state index in [0.717, 1.165) is 11.4 Å². The fourth-order valence-corrected chi connectivity index (χ4v) is 1.80. The van der Waals surface area contributed by atoms with Gasteiger partial charge < -0.3 is 0 Å². The molecule has 0 aromatic heterocycles. The molecule has 1 radical (unpaired) electrons. The van der Waals surface area contributed by atoms with Crippen LogP contribution in [-0.2, 0) is 20.1 Å². The summed E-state index contributed by atoms with van der Waals surface area (Å²) >= 11 is 0. The van der Waals surface area contributed by atoms with Gasteiger partial charge in [-0.15, -0.1) is 30.3 Å². The van der Waals surface area contributed by atoms with Crippen LogP contribution in [0.4, 0.5) is 0 Å². The number of rotatable bonds is 1. The van der Waals surface area contributed by atoms with Crippen molar-refractivity contribution in [3.63, 3.8) is 0 Å². The molecule has 3 heteroatoms. The number of benzene rings is 1. The Morgan fingerprint density at radius 2 is 2.19 bits per heavy atom. The molecule has 81 valence electrons. The molecule has 1 atom stereocenters. The summed E-state index contributed by atoms with van der Waals surface area (Å²) in [5, 5.41) is 0. The SMILES string of the molecule is [Ir].[c-]1ccccc1C1=[N+]2C=CC=CC2C=N1. The van der Waals surface area contributed by atoms with Gasteiger partial charge in [-0.25, -0.2) is 0 Å². The Kier molecular flexibility index (Phi) is 3.27. The number of amidine groups is 1. The Morgan fingerprint density at radius 3 is 3.00 bits per heavy atom. The van der Waals surface area contributed by atoms with Crippen LogP contribution in [0.15, 0.2) is 53.7 Å². The predicted octanol–water partition coefficient (Wildman–Crippen LogP) is 1.78. The van der Waals surface area contributed by atoms with Crippen LogP contribution < -0.4 is 0 Å². The van der Waals surface area contributed by atoms with Crippen LogP contribution in [0.5, 0.6) is 0 Å². The summed E-state index contributed by atoms with van der Waals surface area (Å²) in [6.07, 6.45) is 10.2. The third-order valence-corrected chi connectivity index (χ3v) is 2.53. The zero-order valence-electron chi connectivity index (χ0n) is 8.50. The van der Waals surface area contributed by atoms with E-state index in [-0.39, 0.29) is 26.1 Å². The molecule has 0 saturated carbocycles. The van der Waals surface area contributed by atoms with Gasteiger partial charge in [0.05, 0.1) is 6.20 Å². The number of hydrogen-bond donors (Lipinski definition) is 0. The molecule has 2 aliphatic heterocycles. The Balaban J connectivity index is 0.000000963. The molecule has 0 bridgehead atoms. The third kappa shape index (κ3) is 1.84. The van der Waals surface area contributed by atoms with E-state index in [1.165, 1.54) is 0 Å². The van der Waals surface area contributed by atoms with Crippen molar-refractivity contribution in [2.45, 2.75) is 6.04 Å². The van der Waals surface area contributed by atoms with Crippen molar-refractivity contribution in [3.05, 3.63) is 60.3 Å². The molecule has 1 unspecified atom stereocenters. The van der Waals surface area contributed by atoms with Crippen molar-refractivity contribution in [2.75, 3.05) is 0 Å². The van der Waals surface area contributed by atoms with Gasteiger partial charge >= 0.3 is 0 Å². The first kappa shape index (κ1) is 11.2. The van der Waals surface area contributed by atoms with Crippen LogP contribution in [0.2, 0.25) is 0 Å². The Labute approximate surface area is 108 Å². The monoisotopic (exact) mass is 387 g/mol. The van der Waals surface area contributed by atoms with Gasteiger partial charge in [-0.1, -0.05) is 16.6 Å². The van der Waals surface area contributed by atoms with Crippen molar-refractivity contribution in [2.24, 2.45) is 4.99 Å². The molecule has 2 aliphatic rings. The van der Waals surface area contributed by atoms with Gasteiger partial charge in [-0.3, -0.25) is 4.58 Å².